The fourth-order valence-electron chi connectivity index (χ4n) is 1.74. The lowest BCUT2D eigenvalue weighted by molar-refractivity contribution is -0.137. The van der Waals surface area contributed by atoms with E-state index >= 15 is 0 Å². The molecule has 0 aliphatic carbocycles. The van der Waals surface area contributed by atoms with Crippen molar-refractivity contribution in [3.63, 3.8) is 0 Å². The molecule has 1 amide bonds. The van der Waals surface area contributed by atoms with Crippen molar-refractivity contribution in [3.05, 3.63) is 66.0 Å². The average molecular weight is 296 g/mol. The molecular formula is C17H16N2O3. The summed E-state index contributed by atoms with van der Waals surface area (Å²) in [6, 6.07) is 10.4. The molecule has 0 spiro atoms. The van der Waals surface area contributed by atoms with E-state index in [1.54, 1.807) is 61.8 Å². The van der Waals surface area contributed by atoms with Crippen LogP contribution in [-0.4, -0.2) is 23.5 Å². The van der Waals surface area contributed by atoms with Gasteiger partial charge in [0, 0.05) is 29.7 Å². The second-order valence-corrected chi connectivity index (χ2v) is 4.40. The first kappa shape index (κ1) is 15.4. The van der Waals surface area contributed by atoms with Gasteiger partial charge in [0.15, 0.2) is 0 Å². The molecule has 22 heavy (non-hydrogen) atoms. The maximum atomic E-state index is 12.0. The summed E-state index contributed by atoms with van der Waals surface area (Å²) in [5, 5.41) is 2.79. The largest absolute Gasteiger partial charge is 0.463 e. The lowest BCUT2D eigenvalue weighted by atomic mass is 10.2. The van der Waals surface area contributed by atoms with Crippen LogP contribution in [0.25, 0.3) is 6.08 Å². The van der Waals surface area contributed by atoms with Gasteiger partial charge in [0.25, 0.3) is 5.91 Å². The van der Waals surface area contributed by atoms with Crippen molar-refractivity contribution < 1.29 is 14.3 Å². The third-order valence-electron chi connectivity index (χ3n) is 2.81. The van der Waals surface area contributed by atoms with E-state index < -0.39 is 0 Å². The Morgan fingerprint density at radius 3 is 2.45 bits per heavy atom. The van der Waals surface area contributed by atoms with Gasteiger partial charge in [-0.25, -0.2) is 4.79 Å². The van der Waals surface area contributed by atoms with Gasteiger partial charge in [-0.2, -0.15) is 0 Å². The van der Waals surface area contributed by atoms with E-state index in [4.69, 9.17) is 4.74 Å². The molecule has 0 fully saturated rings. The zero-order valence-electron chi connectivity index (χ0n) is 12.2. The zero-order chi connectivity index (χ0) is 15.8. The van der Waals surface area contributed by atoms with Crippen LogP contribution in [0.15, 0.2) is 54.9 Å². The number of hydrogen-bond donors (Lipinski definition) is 1. The monoisotopic (exact) mass is 296 g/mol. The van der Waals surface area contributed by atoms with Crippen LogP contribution in [0.4, 0.5) is 5.69 Å². The Labute approximate surface area is 128 Å². The molecule has 1 aromatic carbocycles. The first-order valence-corrected chi connectivity index (χ1v) is 6.85. The van der Waals surface area contributed by atoms with E-state index in [2.05, 4.69) is 10.3 Å². The molecule has 0 unspecified atom stereocenters. The summed E-state index contributed by atoms with van der Waals surface area (Å²) in [4.78, 5) is 27.1. The molecule has 0 saturated heterocycles. The first-order chi connectivity index (χ1) is 10.7. The second kappa shape index (κ2) is 7.73. The number of benzene rings is 1. The van der Waals surface area contributed by atoms with Crippen molar-refractivity contribution in [2.75, 3.05) is 11.9 Å². The average Bonchev–Trinajstić information content (AvgIpc) is 2.55. The van der Waals surface area contributed by atoms with Gasteiger partial charge in [-0.3, -0.25) is 9.78 Å². The molecular weight excluding hydrogens is 280 g/mol. The van der Waals surface area contributed by atoms with Gasteiger partial charge < -0.3 is 10.1 Å². The van der Waals surface area contributed by atoms with E-state index in [9.17, 15) is 9.59 Å². The number of amides is 1. The van der Waals surface area contributed by atoms with Crippen LogP contribution in [0.3, 0.4) is 0 Å². The van der Waals surface area contributed by atoms with E-state index in [-0.39, 0.29) is 11.9 Å². The van der Waals surface area contributed by atoms with Crippen LogP contribution < -0.4 is 5.32 Å². The quantitative estimate of drug-likeness (QED) is 0.680. The minimum absolute atomic E-state index is 0.197. The zero-order valence-corrected chi connectivity index (χ0v) is 12.2. The smallest absolute Gasteiger partial charge is 0.330 e. The molecule has 0 saturated carbocycles. The number of aromatic nitrogens is 1. The van der Waals surface area contributed by atoms with Crippen molar-refractivity contribution in [1.82, 2.24) is 4.98 Å². The summed E-state index contributed by atoms with van der Waals surface area (Å²) in [6.45, 7) is 2.11. The number of hydrogen-bond acceptors (Lipinski definition) is 4. The predicted octanol–water partition coefficient (Wildman–Crippen LogP) is 2.91. The van der Waals surface area contributed by atoms with Crippen LogP contribution in [-0.2, 0) is 9.53 Å². The van der Waals surface area contributed by atoms with Gasteiger partial charge in [0.2, 0.25) is 0 Å². The first-order valence-electron chi connectivity index (χ1n) is 6.85. The number of rotatable bonds is 5. The predicted molar refractivity (Wildman–Crippen MR) is 84.3 cm³/mol. The molecule has 112 valence electrons. The number of nitrogens with zero attached hydrogens (tertiary/aromatic N) is 1. The Morgan fingerprint density at radius 1 is 1.14 bits per heavy atom. The Morgan fingerprint density at radius 2 is 1.82 bits per heavy atom. The van der Waals surface area contributed by atoms with Crippen LogP contribution in [0, 0.1) is 0 Å². The van der Waals surface area contributed by atoms with Crippen molar-refractivity contribution >= 4 is 23.6 Å². The SMILES string of the molecule is CCOC(=O)/C=C/c1ccc(NC(=O)c2ccncc2)cc1. The summed E-state index contributed by atoms with van der Waals surface area (Å²) < 4.78 is 4.80. The molecule has 5 nitrogen and oxygen atoms in total. The molecule has 5 heteroatoms. The Bertz CT molecular complexity index is 664. The number of pyridine rings is 1. The third-order valence-corrected chi connectivity index (χ3v) is 2.81. The van der Waals surface area contributed by atoms with Crippen molar-refractivity contribution in [2.24, 2.45) is 0 Å². The summed E-state index contributed by atoms with van der Waals surface area (Å²) in [5.41, 5.74) is 2.06. The minimum atomic E-state index is -0.377. The Kier molecular flexibility index (Phi) is 5.43. The molecule has 1 N–H and O–H groups in total. The number of carbonyl (C=O) groups is 2. The van der Waals surface area contributed by atoms with Crippen molar-refractivity contribution in [3.8, 4) is 0 Å². The molecule has 0 atom stereocenters. The standard InChI is InChI=1S/C17H16N2O3/c1-2-22-16(20)8-5-13-3-6-15(7-4-13)19-17(21)14-9-11-18-12-10-14/h3-12H,2H2,1H3,(H,19,21)/b8-5+. The van der Waals surface area contributed by atoms with Crippen LogP contribution >= 0.6 is 0 Å². The highest BCUT2D eigenvalue weighted by molar-refractivity contribution is 6.04. The third kappa shape index (κ3) is 4.56. The molecule has 1 aromatic heterocycles. The summed E-state index contributed by atoms with van der Waals surface area (Å²) in [5.74, 6) is -0.574. The molecule has 0 aliphatic heterocycles. The van der Waals surface area contributed by atoms with Gasteiger partial charge in [0.1, 0.15) is 0 Å². The van der Waals surface area contributed by atoms with E-state index in [1.807, 2.05) is 0 Å². The topological polar surface area (TPSA) is 68.3 Å². The summed E-state index contributed by atoms with van der Waals surface area (Å²) in [7, 11) is 0. The Balaban J connectivity index is 1.97. The van der Waals surface area contributed by atoms with Crippen LogP contribution in [0.5, 0.6) is 0 Å². The lowest BCUT2D eigenvalue weighted by Crippen LogP contribution is -2.11. The van der Waals surface area contributed by atoms with Gasteiger partial charge in [-0.05, 0) is 42.8 Å². The van der Waals surface area contributed by atoms with Crippen LogP contribution in [0.1, 0.15) is 22.8 Å². The second-order valence-electron chi connectivity index (χ2n) is 4.40. The number of ether oxygens (including phenoxy) is 1. The van der Waals surface area contributed by atoms with E-state index in [0.717, 1.165) is 5.56 Å². The van der Waals surface area contributed by atoms with Gasteiger partial charge in [0.05, 0.1) is 6.61 Å². The highest BCUT2D eigenvalue weighted by Gasteiger charge is 2.04. The maximum absolute atomic E-state index is 12.0. The number of carbonyl (C=O) groups excluding carboxylic acids is 2. The molecule has 0 radical (unpaired) electrons. The highest BCUT2D eigenvalue weighted by atomic mass is 16.5. The fourth-order valence-corrected chi connectivity index (χ4v) is 1.74. The van der Waals surface area contributed by atoms with Crippen molar-refractivity contribution in [2.45, 2.75) is 6.92 Å². The maximum Gasteiger partial charge on any atom is 0.330 e. The summed E-state index contributed by atoms with van der Waals surface area (Å²) in [6.07, 6.45) is 6.16. The number of anilines is 1. The summed E-state index contributed by atoms with van der Waals surface area (Å²) >= 11 is 0. The molecule has 2 rings (SSSR count). The van der Waals surface area contributed by atoms with E-state index in [0.29, 0.717) is 17.9 Å². The normalized spacial score (nSPS) is 10.4. The molecule has 0 aliphatic rings. The van der Waals surface area contributed by atoms with Gasteiger partial charge >= 0.3 is 5.97 Å². The van der Waals surface area contributed by atoms with E-state index in [1.165, 1.54) is 6.08 Å². The van der Waals surface area contributed by atoms with Gasteiger partial charge in [-0.1, -0.05) is 12.1 Å². The molecule has 0 bridgehead atoms. The van der Waals surface area contributed by atoms with Gasteiger partial charge in [-0.15, -0.1) is 0 Å². The minimum Gasteiger partial charge on any atom is -0.463 e. The highest BCUT2D eigenvalue weighted by Crippen LogP contribution is 2.12. The Hall–Kier alpha value is -2.95. The fraction of sp³-hybridized carbons (Fsp3) is 0.118. The molecule has 1 heterocycles. The number of esters is 1. The molecule has 2 aromatic rings. The lowest BCUT2D eigenvalue weighted by Gasteiger charge is -2.05. The van der Waals surface area contributed by atoms with Crippen LogP contribution in [0.2, 0.25) is 0 Å². The van der Waals surface area contributed by atoms with Crippen molar-refractivity contribution in [1.29, 1.82) is 0 Å². The number of nitrogens with one attached hydrogen (secondary N) is 1.